The summed E-state index contributed by atoms with van der Waals surface area (Å²) in [6.07, 6.45) is -3.62. The Hall–Kier alpha value is -3.31. The maximum atomic E-state index is 14.2. The van der Waals surface area contributed by atoms with Crippen molar-refractivity contribution < 1.29 is 27.1 Å². The Balaban J connectivity index is 1.70. The molecule has 1 aliphatic rings. The summed E-state index contributed by atoms with van der Waals surface area (Å²) in [6, 6.07) is 12.4. The molecule has 0 bridgehead atoms. The zero-order chi connectivity index (χ0) is 28.8. The van der Waals surface area contributed by atoms with E-state index in [1.165, 1.54) is 37.3 Å². The second-order valence-electron chi connectivity index (χ2n) is 8.44. The third-order valence-corrected chi connectivity index (χ3v) is 7.66. The van der Waals surface area contributed by atoms with Crippen molar-refractivity contribution in [3.8, 4) is 11.3 Å². The van der Waals surface area contributed by atoms with Crippen molar-refractivity contribution in [1.29, 1.82) is 0 Å². The minimum Gasteiger partial charge on any atom is -0.463 e. The molecule has 0 saturated heterocycles. The minimum atomic E-state index is -5.00. The molecule has 0 spiro atoms. The van der Waals surface area contributed by atoms with Crippen LogP contribution in [0.15, 0.2) is 80.1 Å². The van der Waals surface area contributed by atoms with Gasteiger partial charge in [0, 0.05) is 21.7 Å². The predicted octanol–water partition coefficient (Wildman–Crippen LogP) is 6.56. The number of nitrogens with zero attached hydrogens (tertiary/aromatic N) is 2. The van der Waals surface area contributed by atoms with Gasteiger partial charge in [0.1, 0.15) is 11.5 Å². The van der Waals surface area contributed by atoms with Crippen LogP contribution in [0.4, 0.5) is 13.2 Å². The van der Waals surface area contributed by atoms with Gasteiger partial charge in [0.15, 0.2) is 10.5 Å². The molecule has 2 aromatic carbocycles. The highest BCUT2D eigenvalue weighted by Crippen LogP contribution is 2.38. The van der Waals surface area contributed by atoms with E-state index < -0.39 is 35.0 Å². The fraction of sp³-hybridized carbons (Fsp3) is 0.148. The molecule has 6 nitrogen and oxygen atoms in total. The molecule has 4 aromatic rings. The van der Waals surface area contributed by atoms with Crippen molar-refractivity contribution >= 4 is 58.2 Å². The molecule has 0 radical (unpaired) electrons. The SMILES string of the molecule is CCOC(=O)C1=C(C(F)(F)F)N=c2s/c(=C\c3ccc(-c4ccc(Cl)cc4Cl)o3)c(=O)n2[C@H]1c1ccc(Cl)cc1. The average molecular weight is 628 g/mol. The number of hydrogen-bond acceptors (Lipinski definition) is 6. The zero-order valence-corrected chi connectivity index (χ0v) is 23.3. The molecule has 0 saturated carbocycles. The van der Waals surface area contributed by atoms with E-state index in [0.717, 1.165) is 15.9 Å². The first kappa shape index (κ1) is 28.2. The van der Waals surface area contributed by atoms with Crippen molar-refractivity contribution in [2.45, 2.75) is 19.1 Å². The molecule has 1 aliphatic heterocycles. The van der Waals surface area contributed by atoms with Crippen molar-refractivity contribution in [3.63, 3.8) is 0 Å². The Labute approximate surface area is 243 Å². The van der Waals surface area contributed by atoms with Crippen LogP contribution >= 0.6 is 46.1 Å². The molecule has 0 fully saturated rings. The van der Waals surface area contributed by atoms with Gasteiger partial charge in [0.05, 0.1) is 27.8 Å². The van der Waals surface area contributed by atoms with Gasteiger partial charge in [-0.15, -0.1) is 0 Å². The molecular formula is C27H16Cl3F3N2O4S. The molecule has 206 valence electrons. The second-order valence-corrected chi connectivity index (χ2v) is 10.7. The molecule has 40 heavy (non-hydrogen) atoms. The Morgan fingerprint density at radius 2 is 1.80 bits per heavy atom. The minimum absolute atomic E-state index is 0.0347. The van der Waals surface area contributed by atoms with Gasteiger partial charge in [0.25, 0.3) is 5.56 Å². The topological polar surface area (TPSA) is 73.8 Å². The molecule has 0 N–H and O–H groups in total. The highest BCUT2D eigenvalue weighted by atomic mass is 35.5. The molecule has 2 aromatic heterocycles. The Bertz CT molecular complexity index is 1840. The molecule has 0 aliphatic carbocycles. The number of thiazole rings is 1. The van der Waals surface area contributed by atoms with Crippen molar-refractivity contribution in [2.24, 2.45) is 4.99 Å². The van der Waals surface area contributed by atoms with Gasteiger partial charge in [-0.2, -0.15) is 13.2 Å². The third-order valence-electron chi connectivity index (χ3n) is 5.88. The standard InChI is InChI=1S/C27H16Cl3F3N2O4S/c1-2-38-25(37)21-22(13-3-5-14(28)6-4-13)35-24(36)20(40-26(35)34-23(21)27(31,32)33)12-16-8-10-19(39-16)17-9-7-15(29)11-18(17)30/h3-12,22H,2H2,1H3/b20-12-/t22-/m0/s1. The van der Waals surface area contributed by atoms with Gasteiger partial charge in [0.2, 0.25) is 0 Å². The van der Waals surface area contributed by atoms with Crippen LogP contribution < -0.4 is 14.9 Å². The highest BCUT2D eigenvalue weighted by molar-refractivity contribution is 7.07. The summed E-state index contributed by atoms with van der Waals surface area (Å²) in [7, 11) is 0. The monoisotopic (exact) mass is 626 g/mol. The van der Waals surface area contributed by atoms with Crippen molar-refractivity contribution in [3.05, 3.63) is 112 Å². The van der Waals surface area contributed by atoms with E-state index in [2.05, 4.69) is 4.99 Å². The van der Waals surface area contributed by atoms with E-state index in [-0.39, 0.29) is 27.3 Å². The summed E-state index contributed by atoms with van der Waals surface area (Å²) >= 11 is 18.9. The van der Waals surface area contributed by atoms with Gasteiger partial charge in [-0.05, 0) is 55.0 Å². The second kappa shape index (κ2) is 10.9. The molecule has 0 unspecified atom stereocenters. The van der Waals surface area contributed by atoms with E-state index in [1.54, 1.807) is 30.3 Å². The summed E-state index contributed by atoms with van der Waals surface area (Å²) in [5.74, 6) is -0.595. The quantitative estimate of drug-likeness (QED) is 0.235. The first-order valence-electron chi connectivity index (χ1n) is 11.6. The number of ether oxygens (including phenoxy) is 1. The van der Waals surface area contributed by atoms with Crippen LogP contribution in [-0.2, 0) is 9.53 Å². The number of furan rings is 1. The molecule has 0 amide bonds. The Kier molecular flexibility index (Phi) is 7.71. The van der Waals surface area contributed by atoms with Crippen LogP contribution in [0, 0.1) is 0 Å². The Morgan fingerprint density at radius 3 is 2.45 bits per heavy atom. The summed E-state index contributed by atoms with van der Waals surface area (Å²) in [6.45, 7) is 1.29. The van der Waals surface area contributed by atoms with Crippen LogP contribution in [0.25, 0.3) is 17.4 Å². The molecule has 5 rings (SSSR count). The molecule has 3 heterocycles. The van der Waals surface area contributed by atoms with E-state index in [1.807, 2.05) is 0 Å². The van der Waals surface area contributed by atoms with Gasteiger partial charge in [-0.3, -0.25) is 9.36 Å². The lowest BCUT2D eigenvalue weighted by molar-refractivity contribution is -0.140. The summed E-state index contributed by atoms with van der Waals surface area (Å²) in [5.41, 5.74) is -2.13. The number of rotatable bonds is 5. The number of halogens is 6. The van der Waals surface area contributed by atoms with Crippen molar-refractivity contribution in [2.75, 3.05) is 6.61 Å². The van der Waals surface area contributed by atoms with Crippen molar-refractivity contribution in [1.82, 2.24) is 4.57 Å². The number of aromatic nitrogens is 1. The molecule has 1 atom stereocenters. The smallest absolute Gasteiger partial charge is 0.434 e. The van der Waals surface area contributed by atoms with E-state index in [4.69, 9.17) is 44.0 Å². The van der Waals surface area contributed by atoms with Gasteiger partial charge in [-0.25, -0.2) is 9.79 Å². The summed E-state index contributed by atoms with van der Waals surface area (Å²) < 4.78 is 54.5. The zero-order valence-electron chi connectivity index (χ0n) is 20.3. The number of benzene rings is 2. The van der Waals surface area contributed by atoms with Crippen LogP contribution in [0.1, 0.15) is 24.3 Å². The maximum Gasteiger partial charge on any atom is 0.434 e. The number of hydrogen-bond donors (Lipinski definition) is 0. The van der Waals surface area contributed by atoms with Gasteiger partial charge in [-0.1, -0.05) is 58.3 Å². The van der Waals surface area contributed by atoms with E-state index >= 15 is 0 Å². The summed E-state index contributed by atoms with van der Waals surface area (Å²) in [5, 5.41) is 1.11. The molecular weight excluding hydrogens is 612 g/mol. The van der Waals surface area contributed by atoms with Gasteiger partial charge < -0.3 is 9.15 Å². The predicted molar refractivity (Wildman–Crippen MR) is 146 cm³/mol. The highest BCUT2D eigenvalue weighted by Gasteiger charge is 2.45. The van der Waals surface area contributed by atoms with Crippen LogP contribution in [0.3, 0.4) is 0 Å². The number of fused-ring (bicyclic) bond motifs is 1. The lowest BCUT2D eigenvalue weighted by Crippen LogP contribution is -2.41. The van der Waals surface area contributed by atoms with E-state index in [9.17, 15) is 22.8 Å². The maximum absolute atomic E-state index is 14.2. The number of alkyl halides is 3. The Morgan fingerprint density at radius 1 is 1.10 bits per heavy atom. The lowest BCUT2D eigenvalue weighted by Gasteiger charge is -2.26. The fourth-order valence-corrected chi connectivity index (χ4v) is 5.80. The fourth-order valence-electron chi connectivity index (χ4n) is 4.19. The lowest BCUT2D eigenvalue weighted by atomic mass is 9.95. The first-order valence-corrected chi connectivity index (χ1v) is 13.5. The average Bonchev–Trinajstić information content (AvgIpc) is 3.47. The largest absolute Gasteiger partial charge is 0.463 e. The van der Waals surface area contributed by atoms with E-state index in [0.29, 0.717) is 26.4 Å². The van der Waals surface area contributed by atoms with Crippen LogP contribution in [0.5, 0.6) is 0 Å². The first-order chi connectivity index (χ1) is 19.0. The number of carbonyl (C=O) groups is 1. The van der Waals surface area contributed by atoms with Gasteiger partial charge >= 0.3 is 12.1 Å². The number of esters is 1. The van der Waals surface area contributed by atoms with Crippen LogP contribution in [0.2, 0.25) is 15.1 Å². The normalized spacial score (nSPS) is 15.7. The third kappa shape index (κ3) is 5.36. The number of allylic oxidation sites excluding steroid dienone is 1. The molecule has 13 heteroatoms. The van der Waals surface area contributed by atoms with Crippen LogP contribution in [-0.4, -0.2) is 23.3 Å². The summed E-state index contributed by atoms with van der Waals surface area (Å²) in [4.78, 5) is 30.0. The number of carbonyl (C=O) groups excluding carboxylic acids is 1.